The molecule has 0 saturated carbocycles. The van der Waals surface area contributed by atoms with E-state index < -0.39 is 41.2 Å². The number of carbonyl (C=O) groups is 2. The molecule has 0 bridgehead atoms. The molecule has 1 aromatic heterocycles. The Kier molecular flexibility index (Phi) is 6.86. The van der Waals surface area contributed by atoms with Crippen LogP contribution in [0.15, 0.2) is 59.4 Å². The van der Waals surface area contributed by atoms with Crippen molar-refractivity contribution in [3.05, 3.63) is 87.3 Å². The van der Waals surface area contributed by atoms with Crippen LogP contribution in [0.1, 0.15) is 27.3 Å². The third-order valence-corrected chi connectivity index (χ3v) is 4.77. The van der Waals surface area contributed by atoms with Crippen LogP contribution in [0.4, 0.5) is 18.9 Å². The summed E-state index contributed by atoms with van der Waals surface area (Å²) in [6.45, 7) is 1.07. The molecule has 0 saturated heterocycles. The van der Waals surface area contributed by atoms with E-state index in [9.17, 15) is 27.6 Å². The Bertz CT molecular complexity index is 1360. The van der Waals surface area contributed by atoms with E-state index >= 15 is 0 Å². The van der Waals surface area contributed by atoms with E-state index in [-0.39, 0.29) is 11.4 Å². The molecule has 0 radical (unpaired) electrons. The highest BCUT2D eigenvalue weighted by Crippen LogP contribution is 2.30. The van der Waals surface area contributed by atoms with Crippen LogP contribution in [-0.4, -0.2) is 40.1 Å². The Labute approximate surface area is 192 Å². The van der Waals surface area contributed by atoms with Crippen molar-refractivity contribution in [2.24, 2.45) is 0 Å². The molecule has 0 aliphatic heterocycles. The third-order valence-electron chi connectivity index (χ3n) is 4.77. The Hall–Kier alpha value is -4.39. The fraction of sp³-hybridized carbons (Fsp3) is 0.167. The van der Waals surface area contributed by atoms with Gasteiger partial charge in [0, 0.05) is 30.1 Å². The van der Waals surface area contributed by atoms with Gasteiger partial charge in [-0.2, -0.15) is 18.3 Å². The van der Waals surface area contributed by atoms with Crippen molar-refractivity contribution in [3.8, 4) is 18.0 Å². The number of likely N-dealkylation sites (N-methyl/N-ethyl adjacent to an activating group) is 1. The first kappa shape index (κ1) is 24.3. The number of aryl methyl sites for hydroxylation is 1. The van der Waals surface area contributed by atoms with Gasteiger partial charge < -0.3 is 10.2 Å². The maximum Gasteiger partial charge on any atom is 0.416 e. The van der Waals surface area contributed by atoms with Crippen LogP contribution in [-0.2, 0) is 11.0 Å². The quantitative estimate of drug-likeness (QED) is 0.583. The summed E-state index contributed by atoms with van der Waals surface area (Å²) in [5.41, 5.74) is -0.916. The minimum Gasteiger partial charge on any atom is -0.331 e. The predicted molar refractivity (Wildman–Crippen MR) is 120 cm³/mol. The highest BCUT2D eigenvalue weighted by molar-refractivity contribution is 5.98. The summed E-state index contributed by atoms with van der Waals surface area (Å²) in [7, 11) is 1.30. The number of rotatable bonds is 5. The molecule has 0 atom stereocenters. The van der Waals surface area contributed by atoms with Crippen LogP contribution in [0, 0.1) is 19.3 Å². The molecular formula is C24H19F3N4O3. The van der Waals surface area contributed by atoms with Crippen LogP contribution in [0.2, 0.25) is 0 Å². The van der Waals surface area contributed by atoms with Gasteiger partial charge in [-0.05, 0) is 43.3 Å². The second-order valence-corrected chi connectivity index (χ2v) is 7.39. The monoisotopic (exact) mass is 468 g/mol. The SMILES string of the molecule is C#Cc1cccc(NC(=O)CN(C)C(=O)c2nn(-c3cccc(C(F)(F)F)c3)c(C)cc2=O)c1. The molecule has 174 valence electrons. The summed E-state index contributed by atoms with van der Waals surface area (Å²) >= 11 is 0. The van der Waals surface area contributed by atoms with Gasteiger partial charge in [0.05, 0.1) is 17.8 Å². The fourth-order valence-electron chi connectivity index (χ4n) is 3.13. The Morgan fingerprint density at radius 2 is 1.85 bits per heavy atom. The predicted octanol–water partition coefficient (Wildman–Crippen LogP) is 3.25. The number of carbonyl (C=O) groups excluding carboxylic acids is 2. The second-order valence-electron chi connectivity index (χ2n) is 7.39. The summed E-state index contributed by atoms with van der Waals surface area (Å²) in [4.78, 5) is 38.6. The van der Waals surface area contributed by atoms with E-state index in [1.54, 1.807) is 24.3 Å². The molecule has 3 rings (SSSR count). The maximum atomic E-state index is 13.1. The molecular weight excluding hydrogens is 449 g/mol. The van der Waals surface area contributed by atoms with E-state index in [1.807, 2.05) is 0 Å². The van der Waals surface area contributed by atoms with Crippen molar-refractivity contribution in [2.45, 2.75) is 13.1 Å². The highest BCUT2D eigenvalue weighted by Gasteiger charge is 2.31. The van der Waals surface area contributed by atoms with Crippen LogP contribution in [0.5, 0.6) is 0 Å². The average molecular weight is 468 g/mol. The minimum absolute atomic E-state index is 0.0233. The Morgan fingerprint density at radius 1 is 1.15 bits per heavy atom. The molecule has 1 N–H and O–H groups in total. The van der Waals surface area contributed by atoms with Gasteiger partial charge in [-0.25, -0.2) is 4.68 Å². The Balaban J connectivity index is 1.84. The number of benzene rings is 2. The van der Waals surface area contributed by atoms with Crippen LogP contribution >= 0.6 is 0 Å². The summed E-state index contributed by atoms with van der Waals surface area (Å²) in [5, 5.41) is 6.59. The van der Waals surface area contributed by atoms with Crippen molar-refractivity contribution >= 4 is 17.5 Å². The van der Waals surface area contributed by atoms with E-state index in [0.29, 0.717) is 11.3 Å². The smallest absolute Gasteiger partial charge is 0.331 e. The number of alkyl halides is 3. The standard InChI is InChI=1S/C24H19F3N4O3/c1-4-16-7-5-9-18(12-16)28-21(33)14-30(3)23(34)22-20(32)11-15(2)31(29-22)19-10-6-8-17(13-19)24(25,26)27/h1,5-13H,14H2,2-3H3,(H,28,33). The largest absolute Gasteiger partial charge is 0.416 e. The highest BCUT2D eigenvalue weighted by atomic mass is 19.4. The number of nitrogens with zero attached hydrogens (tertiary/aromatic N) is 3. The van der Waals surface area contributed by atoms with Gasteiger partial charge in [-0.15, -0.1) is 6.42 Å². The summed E-state index contributed by atoms with van der Waals surface area (Å²) in [6, 6.07) is 12.0. The zero-order valence-corrected chi connectivity index (χ0v) is 18.2. The number of amides is 2. The van der Waals surface area contributed by atoms with Gasteiger partial charge in [0.15, 0.2) is 5.69 Å². The molecule has 0 spiro atoms. The molecule has 0 unspecified atom stereocenters. The summed E-state index contributed by atoms with van der Waals surface area (Å²) in [5.74, 6) is 1.03. The molecule has 3 aromatic rings. The van der Waals surface area contributed by atoms with Crippen molar-refractivity contribution in [2.75, 3.05) is 18.9 Å². The number of anilines is 1. The van der Waals surface area contributed by atoms with Crippen LogP contribution < -0.4 is 10.7 Å². The summed E-state index contributed by atoms with van der Waals surface area (Å²) in [6.07, 6.45) is 0.759. The molecule has 1 heterocycles. The van der Waals surface area contributed by atoms with Gasteiger partial charge in [-0.3, -0.25) is 14.4 Å². The molecule has 0 aliphatic rings. The first-order valence-corrected chi connectivity index (χ1v) is 9.90. The van der Waals surface area contributed by atoms with Crippen molar-refractivity contribution in [3.63, 3.8) is 0 Å². The zero-order valence-electron chi connectivity index (χ0n) is 18.2. The molecule has 2 amide bonds. The molecule has 0 aliphatic carbocycles. The first-order valence-electron chi connectivity index (χ1n) is 9.90. The van der Waals surface area contributed by atoms with E-state index in [0.717, 1.165) is 27.8 Å². The van der Waals surface area contributed by atoms with E-state index in [4.69, 9.17) is 6.42 Å². The second kappa shape index (κ2) is 9.62. The van der Waals surface area contributed by atoms with E-state index in [2.05, 4.69) is 16.3 Å². The van der Waals surface area contributed by atoms with Gasteiger partial charge in [0.2, 0.25) is 11.3 Å². The number of hydrogen-bond donors (Lipinski definition) is 1. The number of terminal acetylenes is 1. The van der Waals surface area contributed by atoms with Gasteiger partial charge in [-0.1, -0.05) is 18.1 Å². The average Bonchev–Trinajstić information content (AvgIpc) is 2.78. The topological polar surface area (TPSA) is 84.3 Å². The lowest BCUT2D eigenvalue weighted by atomic mass is 10.2. The molecule has 34 heavy (non-hydrogen) atoms. The van der Waals surface area contributed by atoms with Crippen molar-refractivity contribution in [1.82, 2.24) is 14.7 Å². The van der Waals surface area contributed by atoms with Gasteiger partial charge >= 0.3 is 6.18 Å². The van der Waals surface area contributed by atoms with Gasteiger partial charge in [0.25, 0.3) is 5.91 Å². The maximum absolute atomic E-state index is 13.1. The van der Waals surface area contributed by atoms with Crippen LogP contribution in [0.3, 0.4) is 0 Å². The lowest BCUT2D eigenvalue weighted by Gasteiger charge is -2.18. The zero-order chi connectivity index (χ0) is 25.0. The Morgan fingerprint density at radius 3 is 2.53 bits per heavy atom. The third kappa shape index (κ3) is 5.50. The lowest BCUT2D eigenvalue weighted by Crippen LogP contribution is -2.38. The van der Waals surface area contributed by atoms with Crippen molar-refractivity contribution in [1.29, 1.82) is 0 Å². The van der Waals surface area contributed by atoms with Gasteiger partial charge in [0.1, 0.15) is 0 Å². The van der Waals surface area contributed by atoms with Crippen LogP contribution in [0.25, 0.3) is 5.69 Å². The number of halogens is 3. The molecule has 7 nitrogen and oxygen atoms in total. The normalized spacial score (nSPS) is 10.9. The summed E-state index contributed by atoms with van der Waals surface area (Å²) < 4.78 is 40.4. The molecule has 2 aromatic carbocycles. The number of aromatic nitrogens is 2. The molecule has 0 fully saturated rings. The lowest BCUT2D eigenvalue weighted by molar-refractivity contribution is -0.137. The first-order chi connectivity index (χ1) is 16.0. The molecule has 10 heteroatoms. The number of nitrogens with one attached hydrogen (secondary N) is 1. The van der Waals surface area contributed by atoms with E-state index in [1.165, 1.54) is 26.1 Å². The number of hydrogen-bond acceptors (Lipinski definition) is 4. The fourth-order valence-corrected chi connectivity index (χ4v) is 3.13. The minimum atomic E-state index is -4.57. The van der Waals surface area contributed by atoms with Crippen molar-refractivity contribution < 1.29 is 22.8 Å².